The summed E-state index contributed by atoms with van der Waals surface area (Å²) >= 11 is 0. The number of furan rings is 1. The van der Waals surface area contributed by atoms with Gasteiger partial charge in [-0.3, -0.25) is 9.69 Å². The molecular formula is C22H21N3O3. The molecule has 2 atom stereocenters. The summed E-state index contributed by atoms with van der Waals surface area (Å²) in [4.78, 5) is 13.4. The third-order valence-electron chi connectivity index (χ3n) is 5.18. The molecule has 0 radical (unpaired) electrons. The Bertz CT molecular complexity index is 1020. The van der Waals surface area contributed by atoms with E-state index in [1.807, 2.05) is 35.2 Å². The second kappa shape index (κ2) is 7.85. The predicted molar refractivity (Wildman–Crippen MR) is 105 cm³/mol. The molecule has 0 bridgehead atoms. The predicted octanol–water partition coefficient (Wildman–Crippen LogP) is 2.72. The Kier molecular flexibility index (Phi) is 5.11. The highest BCUT2D eigenvalue weighted by atomic mass is 16.5. The van der Waals surface area contributed by atoms with Gasteiger partial charge in [-0.15, -0.1) is 0 Å². The molecule has 1 amide bonds. The molecule has 1 fully saturated rings. The van der Waals surface area contributed by atoms with Gasteiger partial charge in [0.1, 0.15) is 17.7 Å². The fraction of sp³-hybridized carbons (Fsp3) is 0.273. The molecule has 1 saturated heterocycles. The van der Waals surface area contributed by atoms with E-state index < -0.39 is 12.0 Å². The highest BCUT2D eigenvalue weighted by molar-refractivity contribution is 5.83. The Morgan fingerprint density at radius 3 is 2.75 bits per heavy atom. The van der Waals surface area contributed by atoms with Gasteiger partial charge in [0.15, 0.2) is 0 Å². The van der Waals surface area contributed by atoms with Gasteiger partial charge in [-0.25, -0.2) is 0 Å². The number of nitriles is 1. The van der Waals surface area contributed by atoms with Crippen molar-refractivity contribution >= 4 is 16.9 Å². The third kappa shape index (κ3) is 3.77. The van der Waals surface area contributed by atoms with Crippen LogP contribution in [0.5, 0.6) is 0 Å². The lowest BCUT2D eigenvalue weighted by molar-refractivity contribution is -0.135. The molecular weight excluding hydrogens is 354 g/mol. The molecule has 1 aromatic heterocycles. The summed E-state index contributed by atoms with van der Waals surface area (Å²) in [5.74, 6) is -0.487. The first-order valence-electron chi connectivity index (χ1n) is 9.25. The SMILES string of the molecule is N#C[C@H](Cc1ccc(-c2ccc3ccoc3c2)cc1)N1CCO[C@H](C(N)=O)C1. The van der Waals surface area contributed by atoms with Crippen molar-refractivity contribution in [3.63, 3.8) is 0 Å². The summed E-state index contributed by atoms with van der Waals surface area (Å²) in [6, 6.07) is 18.3. The largest absolute Gasteiger partial charge is 0.464 e. The monoisotopic (exact) mass is 375 g/mol. The number of carbonyl (C=O) groups is 1. The Morgan fingerprint density at radius 1 is 1.21 bits per heavy atom. The lowest BCUT2D eigenvalue weighted by atomic mass is 9.99. The first kappa shape index (κ1) is 18.2. The first-order chi connectivity index (χ1) is 13.6. The number of morpholine rings is 1. The van der Waals surface area contributed by atoms with E-state index in [9.17, 15) is 10.1 Å². The number of primary amides is 1. The Labute approximate surface area is 163 Å². The summed E-state index contributed by atoms with van der Waals surface area (Å²) in [5.41, 5.74) is 9.45. The van der Waals surface area contributed by atoms with Crippen LogP contribution < -0.4 is 5.73 Å². The molecule has 0 spiro atoms. The van der Waals surface area contributed by atoms with Crippen molar-refractivity contribution < 1.29 is 13.9 Å². The van der Waals surface area contributed by atoms with Crippen LogP contribution in [0, 0.1) is 11.3 Å². The molecule has 4 rings (SSSR count). The Balaban J connectivity index is 1.47. The van der Waals surface area contributed by atoms with Gasteiger partial charge in [-0.2, -0.15) is 5.26 Å². The van der Waals surface area contributed by atoms with Gasteiger partial charge in [-0.05, 0) is 28.8 Å². The lowest BCUT2D eigenvalue weighted by Crippen LogP contribution is -2.52. The van der Waals surface area contributed by atoms with Crippen LogP contribution in [0.1, 0.15) is 5.56 Å². The van der Waals surface area contributed by atoms with Crippen molar-refractivity contribution in [3.05, 3.63) is 60.4 Å². The quantitative estimate of drug-likeness (QED) is 0.740. The van der Waals surface area contributed by atoms with Crippen LogP contribution in [0.2, 0.25) is 0 Å². The standard InChI is InChI=1S/C22H21N3O3/c23-13-19(25-8-10-28-21(14-25)22(24)26)11-15-1-3-16(4-2-15)18-6-5-17-7-9-27-20(17)12-18/h1-7,9,12,19,21H,8,10-11,14H2,(H2,24,26)/t19-,21-/m0/s1. The number of carbonyl (C=O) groups excluding carboxylic acids is 1. The van der Waals surface area contributed by atoms with Crippen LogP contribution in [0.3, 0.4) is 0 Å². The molecule has 0 unspecified atom stereocenters. The van der Waals surface area contributed by atoms with Crippen molar-refractivity contribution in [2.24, 2.45) is 5.73 Å². The maximum absolute atomic E-state index is 11.4. The second-order valence-corrected chi connectivity index (χ2v) is 6.98. The fourth-order valence-electron chi connectivity index (χ4n) is 3.57. The highest BCUT2D eigenvalue weighted by Crippen LogP contribution is 2.26. The van der Waals surface area contributed by atoms with Crippen molar-refractivity contribution in [2.45, 2.75) is 18.6 Å². The molecule has 6 heteroatoms. The average Bonchev–Trinajstić information content (AvgIpc) is 3.20. The average molecular weight is 375 g/mol. The summed E-state index contributed by atoms with van der Waals surface area (Å²) in [7, 11) is 0. The molecule has 142 valence electrons. The van der Waals surface area contributed by atoms with Gasteiger partial charge in [0.2, 0.25) is 5.91 Å². The highest BCUT2D eigenvalue weighted by Gasteiger charge is 2.29. The zero-order chi connectivity index (χ0) is 19.5. The smallest absolute Gasteiger partial charge is 0.247 e. The van der Waals surface area contributed by atoms with E-state index in [1.165, 1.54) is 0 Å². The van der Waals surface area contributed by atoms with Crippen LogP contribution in [0.4, 0.5) is 0 Å². The molecule has 1 aliphatic heterocycles. The number of amides is 1. The first-order valence-corrected chi connectivity index (χ1v) is 9.25. The van der Waals surface area contributed by atoms with Crippen LogP contribution in [0.25, 0.3) is 22.1 Å². The van der Waals surface area contributed by atoms with Crippen LogP contribution in [-0.2, 0) is 16.0 Å². The van der Waals surface area contributed by atoms with E-state index >= 15 is 0 Å². The molecule has 1 aliphatic rings. The lowest BCUT2D eigenvalue weighted by Gasteiger charge is -2.34. The zero-order valence-electron chi connectivity index (χ0n) is 15.4. The molecule has 2 aromatic carbocycles. The van der Waals surface area contributed by atoms with Gasteiger partial charge in [0, 0.05) is 24.9 Å². The van der Waals surface area contributed by atoms with Gasteiger partial charge in [0.25, 0.3) is 0 Å². The third-order valence-corrected chi connectivity index (χ3v) is 5.18. The van der Waals surface area contributed by atoms with Gasteiger partial charge in [-0.1, -0.05) is 36.4 Å². The minimum absolute atomic E-state index is 0.323. The number of hydrogen-bond donors (Lipinski definition) is 1. The van der Waals surface area contributed by atoms with E-state index in [0.29, 0.717) is 26.1 Å². The minimum Gasteiger partial charge on any atom is -0.464 e. The van der Waals surface area contributed by atoms with E-state index in [1.54, 1.807) is 6.26 Å². The summed E-state index contributed by atoms with van der Waals surface area (Å²) in [6.07, 6.45) is 1.62. The summed E-state index contributed by atoms with van der Waals surface area (Å²) in [6.45, 7) is 1.37. The topological polar surface area (TPSA) is 92.5 Å². The second-order valence-electron chi connectivity index (χ2n) is 6.98. The molecule has 28 heavy (non-hydrogen) atoms. The normalized spacial score (nSPS) is 18.6. The Morgan fingerprint density at radius 2 is 2.00 bits per heavy atom. The zero-order valence-corrected chi connectivity index (χ0v) is 15.4. The molecule has 2 heterocycles. The van der Waals surface area contributed by atoms with Gasteiger partial charge in [0.05, 0.1) is 18.9 Å². The molecule has 0 aliphatic carbocycles. The van der Waals surface area contributed by atoms with Crippen molar-refractivity contribution in [1.29, 1.82) is 5.26 Å². The van der Waals surface area contributed by atoms with E-state index in [-0.39, 0.29) is 6.04 Å². The van der Waals surface area contributed by atoms with Crippen molar-refractivity contribution in [3.8, 4) is 17.2 Å². The summed E-state index contributed by atoms with van der Waals surface area (Å²) < 4.78 is 10.8. The number of fused-ring (bicyclic) bond motifs is 1. The van der Waals surface area contributed by atoms with Gasteiger partial charge < -0.3 is 14.9 Å². The van der Waals surface area contributed by atoms with Crippen LogP contribution >= 0.6 is 0 Å². The van der Waals surface area contributed by atoms with Crippen LogP contribution in [-0.4, -0.2) is 42.6 Å². The Hall–Kier alpha value is -3.14. The number of rotatable bonds is 5. The van der Waals surface area contributed by atoms with Crippen molar-refractivity contribution in [1.82, 2.24) is 4.90 Å². The summed E-state index contributed by atoms with van der Waals surface area (Å²) in [5, 5.41) is 10.7. The number of nitrogens with two attached hydrogens (primary N) is 1. The number of hydrogen-bond acceptors (Lipinski definition) is 5. The number of nitrogens with zero attached hydrogens (tertiary/aromatic N) is 2. The number of benzene rings is 2. The molecule has 2 N–H and O–H groups in total. The molecule has 0 saturated carbocycles. The van der Waals surface area contributed by atoms with Crippen molar-refractivity contribution in [2.75, 3.05) is 19.7 Å². The maximum atomic E-state index is 11.4. The number of ether oxygens (including phenoxy) is 1. The van der Waals surface area contributed by atoms with E-state index in [4.69, 9.17) is 14.9 Å². The minimum atomic E-state index is -0.650. The van der Waals surface area contributed by atoms with E-state index in [0.717, 1.165) is 27.7 Å². The van der Waals surface area contributed by atoms with Gasteiger partial charge >= 0.3 is 0 Å². The van der Waals surface area contributed by atoms with E-state index in [2.05, 4.69) is 24.3 Å². The molecule has 3 aromatic rings. The van der Waals surface area contributed by atoms with Crippen LogP contribution in [0.15, 0.2) is 59.2 Å². The molecule has 6 nitrogen and oxygen atoms in total. The maximum Gasteiger partial charge on any atom is 0.247 e. The fourth-order valence-corrected chi connectivity index (χ4v) is 3.57.